The molecule has 6 nitrogen and oxygen atoms in total. The average Bonchev–Trinajstić information content (AvgIpc) is 2.64. The minimum absolute atomic E-state index is 0.0348. The van der Waals surface area contributed by atoms with E-state index < -0.39 is 0 Å². The van der Waals surface area contributed by atoms with Crippen molar-refractivity contribution in [3.63, 3.8) is 0 Å². The van der Waals surface area contributed by atoms with Gasteiger partial charge in [-0.2, -0.15) is 0 Å². The molecule has 1 heterocycles. The Bertz CT molecular complexity index is 716. The number of carbonyl (C=O) groups excluding carboxylic acids is 1. The summed E-state index contributed by atoms with van der Waals surface area (Å²) in [5.74, 6) is 0.785. The molecule has 2 aromatic rings. The number of hydrogen-bond acceptors (Lipinski definition) is 5. The van der Waals surface area contributed by atoms with Crippen LogP contribution in [0, 0.1) is 0 Å². The number of nitrogens with zero attached hydrogens (tertiary/aromatic N) is 2. The van der Waals surface area contributed by atoms with Gasteiger partial charge in [0.15, 0.2) is 0 Å². The zero-order chi connectivity index (χ0) is 17.6. The number of nitrogens with one attached hydrogen (secondary N) is 1. The lowest BCUT2D eigenvalue weighted by Gasteiger charge is -2.29. The number of halogens is 1. The Morgan fingerprint density at radius 2 is 1.72 bits per heavy atom. The Kier molecular flexibility index (Phi) is 5.86. The first kappa shape index (κ1) is 17.7. The fraction of sp³-hybridized carbons (Fsp3) is 0.389. The van der Waals surface area contributed by atoms with E-state index in [0.29, 0.717) is 17.3 Å². The van der Waals surface area contributed by atoms with Gasteiger partial charge in [0.2, 0.25) is 0 Å². The highest BCUT2D eigenvalue weighted by molar-refractivity contribution is 9.10. The number of benzene rings is 1. The van der Waals surface area contributed by atoms with Gasteiger partial charge in [0.25, 0.3) is 17.7 Å². The Labute approximate surface area is 155 Å². The summed E-state index contributed by atoms with van der Waals surface area (Å²) in [4.78, 5) is 20.5. The summed E-state index contributed by atoms with van der Waals surface area (Å²) in [6.45, 7) is 0. The van der Waals surface area contributed by atoms with Gasteiger partial charge in [0.05, 0.1) is 7.11 Å². The Balaban J connectivity index is 1.50. The molecular formula is C18H20BrN3O3. The SMILES string of the molecule is COc1nccnc1OC1CCC(NC(=O)c2ccc(Br)cc2)CC1. The van der Waals surface area contributed by atoms with E-state index in [0.717, 1.165) is 30.2 Å². The maximum atomic E-state index is 12.3. The normalized spacial score (nSPS) is 19.9. The summed E-state index contributed by atoms with van der Waals surface area (Å²) in [6.07, 6.45) is 6.66. The fourth-order valence-corrected chi connectivity index (χ4v) is 3.15. The van der Waals surface area contributed by atoms with Crippen molar-refractivity contribution in [2.24, 2.45) is 0 Å². The lowest BCUT2D eigenvalue weighted by molar-refractivity contribution is 0.0886. The molecule has 7 heteroatoms. The number of ether oxygens (including phenoxy) is 2. The summed E-state index contributed by atoms with van der Waals surface area (Å²) >= 11 is 3.37. The zero-order valence-corrected chi connectivity index (χ0v) is 15.5. The third kappa shape index (κ3) is 4.69. The van der Waals surface area contributed by atoms with Crippen LogP contribution in [-0.4, -0.2) is 35.1 Å². The van der Waals surface area contributed by atoms with Gasteiger partial charge < -0.3 is 14.8 Å². The number of rotatable bonds is 5. The van der Waals surface area contributed by atoms with Gasteiger partial charge in [0.1, 0.15) is 6.10 Å². The van der Waals surface area contributed by atoms with Crippen molar-refractivity contribution < 1.29 is 14.3 Å². The highest BCUT2D eigenvalue weighted by atomic mass is 79.9. The summed E-state index contributed by atoms with van der Waals surface area (Å²) in [7, 11) is 1.55. The number of amides is 1. The first-order valence-corrected chi connectivity index (χ1v) is 9.03. The summed E-state index contributed by atoms with van der Waals surface area (Å²) in [6, 6.07) is 7.53. The van der Waals surface area contributed by atoms with Gasteiger partial charge in [-0.3, -0.25) is 4.79 Å². The monoisotopic (exact) mass is 405 g/mol. The minimum Gasteiger partial charge on any atom is -0.477 e. The maximum absolute atomic E-state index is 12.3. The van der Waals surface area contributed by atoms with E-state index in [1.54, 1.807) is 19.5 Å². The van der Waals surface area contributed by atoms with E-state index in [1.807, 2.05) is 24.3 Å². The first-order valence-electron chi connectivity index (χ1n) is 8.24. The van der Waals surface area contributed by atoms with Crippen molar-refractivity contribution in [3.8, 4) is 11.8 Å². The van der Waals surface area contributed by atoms with Crippen molar-refractivity contribution in [2.45, 2.75) is 37.8 Å². The number of methoxy groups -OCH3 is 1. The quantitative estimate of drug-likeness (QED) is 0.825. The van der Waals surface area contributed by atoms with Gasteiger partial charge >= 0.3 is 0 Å². The van der Waals surface area contributed by atoms with E-state index in [-0.39, 0.29) is 18.1 Å². The second-order valence-corrected chi connectivity index (χ2v) is 6.86. The highest BCUT2D eigenvalue weighted by Crippen LogP contribution is 2.27. The zero-order valence-electron chi connectivity index (χ0n) is 13.9. The van der Waals surface area contributed by atoms with Gasteiger partial charge in [-0.05, 0) is 49.9 Å². The van der Waals surface area contributed by atoms with E-state index in [9.17, 15) is 4.79 Å². The van der Waals surface area contributed by atoms with Gasteiger partial charge in [-0.25, -0.2) is 9.97 Å². The molecule has 0 bridgehead atoms. The van der Waals surface area contributed by atoms with Crippen LogP contribution in [0.1, 0.15) is 36.0 Å². The Morgan fingerprint density at radius 1 is 1.08 bits per heavy atom. The number of carbonyl (C=O) groups is 1. The second-order valence-electron chi connectivity index (χ2n) is 5.94. The van der Waals surface area contributed by atoms with E-state index >= 15 is 0 Å². The van der Waals surface area contributed by atoms with Gasteiger partial charge in [-0.1, -0.05) is 15.9 Å². The summed E-state index contributed by atoms with van der Waals surface area (Å²) < 4.78 is 12.0. The molecule has 3 rings (SSSR count). The molecule has 0 radical (unpaired) electrons. The van der Waals surface area contributed by atoms with Crippen molar-refractivity contribution in [3.05, 3.63) is 46.7 Å². The van der Waals surface area contributed by atoms with Crippen LogP contribution in [0.15, 0.2) is 41.1 Å². The molecule has 0 saturated heterocycles. The third-order valence-electron chi connectivity index (χ3n) is 4.22. The molecule has 1 aromatic carbocycles. The smallest absolute Gasteiger partial charge is 0.278 e. The molecule has 0 aliphatic heterocycles. The summed E-state index contributed by atoms with van der Waals surface area (Å²) in [5.41, 5.74) is 0.672. The van der Waals surface area contributed by atoms with Crippen LogP contribution in [0.4, 0.5) is 0 Å². The van der Waals surface area contributed by atoms with Gasteiger partial charge in [-0.15, -0.1) is 0 Å². The minimum atomic E-state index is -0.0348. The lowest BCUT2D eigenvalue weighted by atomic mass is 9.92. The molecule has 1 aromatic heterocycles. The molecule has 0 atom stereocenters. The van der Waals surface area contributed by atoms with E-state index in [2.05, 4.69) is 31.2 Å². The van der Waals surface area contributed by atoms with E-state index in [1.165, 1.54) is 0 Å². The standard InChI is InChI=1S/C18H20BrN3O3/c1-24-17-18(21-11-10-20-17)25-15-8-6-14(7-9-15)22-16(23)12-2-4-13(19)5-3-12/h2-5,10-11,14-15H,6-9H2,1H3,(H,22,23). The van der Waals surface area contributed by atoms with Crippen LogP contribution in [-0.2, 0) is 0 Å². The third-order valence-corrected chi connectivity index (χ3v) is 4.75. The van der Waals surface area contributed by atoms with Crippen molar-refractivity contribution in [2.75, 3.05) is 7.11 Å². The highest BCUT2D eigenvalue weighted by Gasteiger charge is 2.25. The van der Waals surface area contributed by atoms with Crippen molar-refractivity contribution >= 4 is 21.8 Å². The Morgan fingerprint density at radius 3 is 2.36 bits per heavy atom. The average molecular weight is 406 g/mol. The number of aromatic nitrogens is 2. The molecule has 1 N–H and O–H groups in total. The molecule has 132 valence electrons. The largest absolute Gasteiger partial charge is 0.477 e. The van der Waals surface area contributed by atoms with Crippen molar-refractivity contribution in [1.29, 1.82) is 0 Å². The molecule has 1 saturated carbocycles. The molecule has 1 aliphatic carbocycles. The first-order chi connectivity index (χ1) is 12.2. The number of hydrogen-bond donors (Lipinski definition) is 1. The topological polar surface area (TPSA) is 73.3 Å². The molecule has 0 unspecified atom stereocenters. The molecular weight excluding hydrogens is 386 g/mol. The molecule has 1 fully saturated rings. The van der Waals surface area contributed by atoms with Crippen LogP contribution < -0.4 is 14.8 Å². The molecule has 1 aliphatic rings. The predicted octanol–water partition coefficient (Wildman–Crippen LogP) is 3.37. The molecule has 25 heavy (non-hydrogen) atoms. The van der Waals surface area contributed by atoms with Crippen molar-refractivity contribution in [1.82, 2.24) is 15.3 Å². The maximum Gasteiger partial charge on any atom is 0.278 e. The summed E-state index contributed by atoms with van der Waals surface area (Å²) in [5, 5.41) is 3.10. The predicted molar refractivity (Wildman–Crippen MR) is 96.9 cm³/mol. The van der Waals surface area contributed by atoms with Crippen LogP contribution in [0.5, 0.6) is 11.8 Å². The fourth-order valence-electron chi connectivity index (χ4n) is 2.89. The Hall–Kier alpha value is -2.15. The molecule has 0 spiro atoms. The van der Waals surface area contributed by atoms with Crippen LogP contribution in [0.2, 0.25) is 0 Å². The second kappa shape index (κ2) is 8.29. The van der Waals surface area contributed by atoms with Gasteiger partial charge in [0, 0.05) is 28.5 Å². The van der Waals surface area contributed by atoms with Crippen LogP contribution >= 0.6 is 15.9 Å². The lowest BCUT2D eigenvalue weighted by Crippen LogP contribution is -2.39. The van der Waals surface area contributed by atoms with Crippen LogP contribution in [0.3, 0.4) is 0 Å². The van der Waals surface area contributed by atoms with Crippen LogP contribution in [0.25, 0.3) is 0 Å². The van der Waals surface area contributed by atoms with E-state index in [4.69, 9.17) is 9.47 Å². The molecule has 1 amide bonds.